The molecule has 0 aromatic rings. The summed E-state index contributed by atoms with van der Waals surface area (Å²) in [5, 5.41) is 6.04. The fourth-order valence-electron chi connectivity index (χ4n) is 3.33. The fraction of sp³-hybridized carbons (Fsp3) is 0.833. The molecule has 142 valence electrons. The van der Waals surface area contributed by atoms with Crippen LogP contribution in [0.2, 0.25) is 0 Å². The van der Waals surface area contributed by atoms with Crippen molar-refractivity contribution in [2.24, 2.45) is 5.92 Å². The summed E-state index contributed by atoms with van der Waals surface area (Å²) in [5.74, 6) is -0.601. The molecule has 1 unspecified atom stereocenters. The lowest BCUT2D eigenvalue weighted by Crippen LogP contribution is -2.59. The van der Waals surface area contributed by atoms with Crippen LogP contribution in [0.5, 0.6) is 0 Å². The van der Waals surface area contributed by atoms with E-state index in [2.05, 4.69) is 10.6 Å². The van der Waals surface area contributed by atoms with Gasteiger partial charge < -0.3 is 20.3 Å². The number of esters is 1. The third-order valence-corrected chi connectivity index (χ3v) is 4.74. The molecule has 25 heavy (non-hydrogen) atoms. The SMILES string of the molecule is CC(C)COC(=O)CC1C(=O)NCCN1C(=O)CNC1CCCCC1. The van der Waals surface area contributed by atoms with E-state index in [0.29, 0.717) is 25.7 Å². The van der Waals surface area contributed by atoms with Crippen LogP contribution in [0, 0.1) is 5.92 Å². The molecule has 0 radical (unpaired) electrons. The first-order valence-corrected chi connectivity index (χ1v) is 9.43. The monoisotopic (exact) mass is 353 g/mol. The number of piperazine rings is 1. The van der Waals surface area contributed by atoms with Gasteiger partial charge in [-0.1, -0.05) is 33.1 Å². The molecule has 0 bridgehead atoms. The first kappa shape index (κ1) is 19.7. The highest BCUT2D eigenvalue weighted by molar-refractivity contribution is 5.92. The number of nitrogens with one attached hydrogen (secondary N) is 2. The second-order valence-corrected chi connectivity index (χ2v) is 7.39. The molecule has 2 rings (SSSR count). The lowest BCUT2D eigenvalue weighted by molar-refractivity contribution is -0.152. The second-order valence-electron chi connectivity index (χ2n) is 7.39. The average molecular weight is 353 g/mol. The van der Waals surface area contributed by atoms with E-state index >= 15 is 0 Å². The van der Waals surface area contributed by atoms with E-state index in [0.717, 1.165) is 12.8 Å². The molecule has 1 aliphatic carbocycles. The molecule has 1 heterocycles. The lowest BCUT2D eigenvalue weighted by Gasteiger charge is -2.35. The summed E-state index contributed by atoms with van der Waals surface area (Å²) < 4.78 is 5.17. The first-order chi connectivity index (χ1) is 12.0. The van der Waals surface area contributed by atoms with Gasteiger partial charge in [0, 0.05) is 19.1 Å². The quantitative estimate of drug-likeness (QED) is 0.662. The van der Waals surface area contributed by atoms with Gasteiger partial charge in [0.1, 0.15) is 6.04 Å². The van der Waals surface area contributed by atoms with Gasteiger partial charge in [-0.2, -0.15) is 0 Å². The van der Waals surface area contributed by atoms with Crippen LogP contribution in [-0.2, 0) is 19.1 Å². The zero-order chi connectivity index (χ0) is 18.2. The zero-order valence-electron chi connectivity index (χ0n) is 15.4. The van der Waals surface area contributed by atoms with Gasteiger partial charge in [0.25, 0.3) is 0 Å². The average Bonchev–Trinajstić information content (AvgIpc) is 2.60. The van der Waals surface area contributed by atoms with Gasteiger partial charge in [0.15, 0.2) is 0 Å². The minimum atomic E-state index is -0.769. The van der Waals surface area contributed by atoms with E-state index in [9.17, 15) is 14.4 Å². The number of nitrogens with zero attached hydrogens (tertiary/aromatic N) is 1. The summed E-state index contributed by atoms with van der Waals surface area (Å²) in [5.41, 5.74) is 0. The van der Waals surface area contributed by atoms with Gasteiger partial charge in [-0.15, -0.1) is 0 Å². The standard InChI is InChI=1S/C18H31N3O4/c1-13(2)12-25-17(23)10-15-18(24)19-8-9-21(15)16(22)11-20-14-6-4-3-5-7-14/h13-15,20H,3-12H2,1-2H3,(H,19,24). The number of hydrogen-bond donors (Lipinski definition) is 2. The molecule has 2 aliphatic rings. The Morgan fingerprint density at radius 1 is 1.28 bits per heavy atom. The van der Waals surface area contributed by atoms with Gasteiger partial charge in [-0.3, -0.25) is 14.4 Å². The molecular weight excluding hydrogens is 322 g/mol. The molecular formula is C18H31N3O4. The van der Waals surface area contributed by atoms with Gasteiger partial charge in [0.05, 0.1) is 19.6 Å². The minimum Gasteiger partial charge on any atom is -0.465 e. The van der Waals surface area contributed by atoms with Crippen molar-refractivity contribution in [3.8, 4) is 0 Å². The molecule has 7 heteroatoms. The summed E-state index contributed by atoms with van der Waals surface area (Å²) in [4.78, 5) is 38.2. The van der Waals surface area contributed by atoms with Gasteiger partial charge >= 0.3 is 5.97 Å². The fourth-order valence-corrected chi connectivity index (χ4v) is 3.33. The summed E-state index contributed by atoms with van der Waals surface area (Å²) in [6.45, 7) is 5.30. The Morgan fingerprint density at radius 3 is 2.68 bits per heavy atom. The van der Waals surface area contributed by atoms with Gasteiger partial charge in [0.2, 0.25) is 11.8 Å². The molecule has 0 spiro atoms. The summed E-state index contributed by atoms with van der Waals surface area (Å²) >= 11 is 0. The van der Waals surface area contributed by atoms with E-state index in [4.69, 9.17) is 4.74 Å². The van der Waals surface area contributed by atoms with Crippen molar-refractivity contribution in [2.45, 2.75) is 64.5 Å². The van der Waals surface area contributed by atoms with Crippen LogP contribution in [0.3, 0.4) is 0 Å². The number of rotatable bonds is 7. The summed E-state index contributed by atoms with van der Waals surface area (Å²) in [7, 11) is 0. The highest BCUT2D eigenvalue weighted by Crippen LogP contribution is 2.17. The zero-order valence-corrected chi connectivity index (χ0v) is 15.4. The van der Waals surface area contributed by atoms with Crippen LogP contribution in [0.4, 0.5) is 0 Å². The third-order valence-electron chi connectivity index (χ3n) is 4.74. The third kappa shape index (κ3) is 6.30. The van der Waals surface area contributed by atoms with E-state index in [-0.39, 0.29) is 30.7 Å². The van der Waals surface area contributed by atoms with Crippen LogP contribution in [0.15, 0.2) is 0 Å². The van der Waals surface area contributed by atoms with Crippen LogP contribution < -0.4 is 10.6 Å². The maximum Gasteiger partial charge on any atom is 0.308 e. The number of ether oxygens (including phenoxy) is 1. The largest absolute Gasteiger partial charge is 0.465 e. The Bertz CT molecular complexity index is 475. The summed E-state index contributed by atoms with van der Waals surface area (Å²) in [6, 6.07) is -0.389. The van der Waals surface area contributed by atoms with E-state index in [1.54, 1.807) is 0 Å². The highest BCUT2D eigenvalue weighted by Gasteiger charge is 2.35. The lowest BCUT2D eigenvalue weighted by atomic mass is 9.95. The predicted molar refractivity (Wildman–Crippen MR) is 93.8 cm³/mol. The molecule has 1 atom stereocenters. The first-order valence-electron chi connectivity index (χ1n) is 9.43. The Labute approximate surface area is 149 Å². The Morgan fingerprint density at radius 2 is 2.00 bits per heavy atom. The number of carbonyl (C=O) groups excluding carboxylic acids is 3. The molecule has 2 fully saturated rings. The minimum absolute atomic E-state index is 0.0896. The number of amides is 2. The van der Waals surface area contributed by atoms with Crippen molar-refractivity contribution >= 4 is 17.8 Å². The molecule has 2 amide bonds. The van der Waals surface area contributed by atoms with Crippen molar-refractivity contribution in [3.05, 3.63) is 0 Å². The number of hydrogen-bond acceptors (Lipinski definition) is 5. The van der Waals surface area contributed by atoms with E-state index in [1.807, 2.05) is 13.8 Å². The maximum absolute atomic E-state index is 12.6. The maximum atomic E-state index is 12.6. The molecule has 2 N–H and O–H groups in total. The molecule has 0 aromatic carbocycles. The molecule has 1 saturated heterocycles. The van der Waals surface area contributed by atoms with Crippen LogP contribution in [0.1, 0.15) is 52.4 Å². The smallest absolute Gasteiger partial charge is 0.308 e. The van der Waals surface area contributed by atoms with Crippen LogP contribution in [-0.4, -0.2) is 61.0 Å². The predicted octanol–water partition coefficient (Wildman–Crippen LogP) is 0.825. The molecule has 1 aliphatic heterocycles. The van der Waals surface area contributed by atoms with Crippen molar-refractivity contribution in [2.75, 3.05) is 26.2 Å². The van der Waals surface area contributed by atoms with Crippen molar-refractivity contribution < 1.29 is 19.1 Å². The van der Waals surface area contributed by atoms with Gasteiger partial charge in [-0.25, -0.2) is 0 Å². The highest BCUT2D eigenvalue weighted by atomic mass is 16.5. The Kier molecular flexibility index (Phi) is 7.68. The van der Waals surface area contributed by atoms with Crippen molar-refractivity contribution in [3.63, 3.8) is 0 Å². The topological polar surface area (TPSA) is 87.7 Å². The molecule has 0 aromatic heterocycles. The van der Waals surface area contributed by atoms with E-state index in [1.165, 1.54) is 24.2 Å². The molecule has 1 saturated carbocycles. The molecule has 7 nitrogen and oxygen atoms in total. The normalized spacial score (nSPS) is 22.0. The van der Waals surface area contributed by atoms with Crippen molar-refractivity contribution in [1.82, 2.24) is 15.5 Å². The number of carbonyl (C=O) groups is 3. The van der Waals surface area contributed by atoms with Crippen LogP contribution >= 0.6 is 0 Å². The van der Waals surface area contributed by atoms with Gasteiger partial charge in [-0.05, 0) is 18.8 Å². The van der Waals surface area contributed by atoms with Crippen molar-refractivity contribution in [1.29, 1.82) is 0 Å². The Balaban J connectivity index is 1.87. The second kappa shape index (κ2) is 9.75. The van der Waals surface area contributed by atoms with Crippen LogP contribution in [0.25, 0.3) is 0 Å². The Hall–Kier alpha value is -1.63. The van der Waals surface area contributed by atoms with E-state index < -0.39 is 12.0 Å². The summed E-state index contributed by atoms with van der Waals surface area (Å²) in [6.07, 6.45) is 5.76.